The molecule has 0 spiro atoms. The van der Waals surface area contributed by atoms with Crippen LogP contribution in [-0.4, -0.2) is 51.2 Å². The lowest BCUT2D eigenvalue weighted by molar-refractivity contribution is -0.133. The average Bonchev–Trinajstić information content (AvgIpc) is 3.11. The first-order valence-electron chi connectivity index (χ1n) is 8.25. The van der Waals surface area contributed by atoms with Crippen molar-refractivity contribution in [3.63, 3.8) is 0 Å². The summed E-state index contributed by atoms with van der Waals surface area (Å²) in [6.45, 7) is 0.754. The molecule has 7 heteroatoms. The third kappa shape index (κ3) is 3.89. The van der Waals surface area contributed by atoms with Gasteiger partial charge in [-0.15, -0.1) is 0 Å². The van der Waals surface area contributed by atoms with E-state index in [4.69, 9.17) is 4.74 Å². The lowest BCUT2D eigenvalue weighted by Crippen LogP contribution is -2.51. The monoisotopic (exact) mass is 352 g/mol. The van der Waals surface area contributed by atoms with Crippen LogP contribution in [0.4, 0.5) is 0 Å². The van der Waals surface area contributed by atoms with Gasteiger partial charge in [-0.1, -0.05) is 12.1 Å². The maximum atomic E-state index is 12.6. The van der Waals surface area contributed by atoms with Crippen LogP contribution in [0.2, 0.25) is 0 Å². The molecule has 1 saturated carbocycles. The SMILES string of the molecule is COc1cccc(CCC(=O)N2C[C@@H]3C[C@H](NS(C)(=O)=O)[C@H]2C3)c1. The van der Waals surface area contributed by atoms with Gasteiger partial charge in [0.05, 0.1) is 13.4 Å². The molecule has 0 aromatic heterocycles. The van der Waals surface area contributed by atoms with Gasteiger partial charge in [-0.05, 0) is 42.9 Å². The lowest BCUT2D eigenvalue weighted by atomic mass is 10.0. The van der Waals surface area contributed by atoms with E-state index in [-0.39, 0.29) is 18.0 Å². The molecule has 1 aliphatic carbocycles. The molecule has 24 heavy (non-hydrogen) atoms. The predicted molar refractivity (Wildman–Crippen MR) is 91.3 cm³/mol. The second-order valence-electron chi connectivity index (χ2n) is 6.80. The molecule has 0 radical (unpaired) electrons. The quantitative estimate of drug-likeness (QED) is 0.834. The van der Waals surface area contributed by atoms with E-state index in [2.05, 4.69) is 4.72 Å². The van der Waals surface area contributed by atoms with Crippen molar-refractivity contribution in [3.8, 4) is 5.75 Å². The zero-order valence-corrected chi connectivity index (χ0v) is 14.9. The molecule has 3 atom stereocenters. The number of methoxy groups -OCH3 is 1. The number of aryl methyl sites for hydroxylation is 1. The zero-order valence-electron chi connectivity index (χ0n) is 14.1. The molecule has 6 nitrogen and oxygen atoms in total. The normalized spacial score (nSPS) is 25.9. The Labute approximate surface area is 143 Å². The second-order valence-corrected chi connectivity index (χ2v) is 8.58. The van der Waals surface area contributed by atoms with Crippen molar-refractivity contribution in [1.29, 1.82) is 0 Å². The van der Waals surface area contributed by atoms with E-state index in [0.717, 1.165) is 30.7 Å². The Kier molecular flexibility index (Phi) is 4.83. The highest BCUT2D eigenvalue weighted by atomic mass is 32.2. The summed E-state index contributed by atoms with van der Waals surface area (Å²) in [6.07, 6.45) is 4.00. The van der Waals surface area contributed by atoms with Crippen LogP contribution < -0.4 is 9.46 Å². The molecule has 1 aromatic rings. The van der Waals surface area contributed by atoms with Gasteiger partial charge in [0.15, 0.2) is 0 Å². The van der Waals surface area contributed by atoms with Gasteiger partial charge < -0.3 is 9.64 Å². The number of benzene rings is 1. The van der Waals surface area contributed by atoms with Crippen molar-refractivity contribution < 1.29 is 17.9 Å². The largest absolute Gasteiger partial charge is 0.497 e. The number of carbonyl (C=O) groups is 1. The third-order valence-corrected chi connectivity index (χ3v) is 5.66. The number of rotatable bonds is 6. The Morgan fingerprint density at radius 3 is 2.83 bits per heavy atom. The summed E-state index contributed by atoms with van der Waals surface area (Å²) in [5, 5.41) is 0. The van der Waals surface area contributed by atoms with Crippen molar-refractivity contribution >= 4 is 15.9 Å². The van der Waals surface area contributed by atoms with Crippen LogP contribution in [0.5, 0.6) is 5.75 Å². The molecule has 132 valence electrons. The summed E-state index contributed by atoms with van der Waals surface area (Å²) < 4.78 is 30.9. The van der Waals surface area contributed by atoms with Gasteiger partial charge in [0.1, 0.15) is 5.75 Å². The van der Waals surface area contributed by atoms with E-state index in [9.17, 15) is 13.2 Å². The number of hydrogen-bond acceptors (Lipinski definition) is 4. The lowest BCUT2D eigenvalue weighted by Gasteiger charge is -2.33. The maximum Gasteiger partial charge on any atom is 0.223 e. The van der Waals surface area contributed by atoms with Crippen LogP contribution in [-0.2, 0) is 21.2 Å². The van der Waals surface area contributed by atoms with Gasteiger partial charge in [-0.2, -0.15) is 0 Å². The van der Waals surface area contributed by atoms with Crippen LogP contribution in [0.25, 0.3) is 0 Å². The number of nitrogens with zero attached hydrogens (tertiary/aromatic N) is 1. The van der Waals surface area contributed by atoms with E-state index in [1.54, 1.807) is 7.11 Å². The summed E-state index contributed by atoms with van der Waals surface area (Å²) in [6, 6.07) is 7.59. The molecule has 1 aliphatic heterocycles. The van der Waals surface area contributed by atoms with E-state index in [1.807, 2.05) is 29.2 Å². The highest BCUT2D eigenvalue weighted by molar-refractivity contribution is 7.88. The second kappa shape index (κ2) is 6.72. The molecular formula is C17H24N2O4S. The van der Waals surface area contributed by atoms with Crippen molar-refractivity contribution in [2.24, 2.45) is 5.92 Å². The molecule has 1 amide bonds. The molecule has 1 saturated heterocycles. The molecule has 2 aliphatic rings. The van der Waals surface area contributed by atoms with Gasteiger partial charge in [0.2, 0.25) is 15.9 Å². The zero-order chi connectivity index (χ0) is 17.3. The molecule has 0 unspecified atom stereocenters. The highest BCUT2D eigenvalue weighted by Crippen LogP contribution is 2.38. The van der Waals surface area contributed by atoms with Gasteiger partial charge in [-0.25, -0.2) is 13.1 Å². The number of sulfonamides is 1. The Hall–Kier alpha value is -1.60. The Morgan fingerprint density at radius 1 is 1.38 bits per heavy atom. The molecule has 3 rings (SSSR count). The van der Waals surface area contributed by atoms with Crippen LogP contribution in [0.3, 0.4) is 0 Å². The molecular weight excluding hydrogens is 328 g/mol. The van der Waals surface area contributed by atoms with Crippen molar-refractivity contribution in [1.82, 2.24) is 9.62 Å². The van der Waals surface area contributed by atoms with Crippen molar-refractivity contribution in [2.75, 3.05) is 19.9 Å². The fourth-order valence-corrected chi connectivity index (χ4v) is 4.74. The first-order chi connectivity index (χ1) is 11.4. The van der Waals surface area contributed by atoms with E-state index < -0.39 is 10.0 Å². The van der Waals surface area contributed by atoms with Crippen LogP contribution in [0.1, 0.15) is 24.8 Å². The number of fused-ring (bicyclic) bond motifs is 2. The fraction of sp³-hybridized carbons (Fsp3) is 0.588. The minimum absolute atomic E-state index is 0.00235. The Bertz CT molecular complexity index is 719. The molecule has 2 bridgehead atoms. The summed E-state index contributed by atoms with van der Waals surface area (Å²) in [5.41, 5.74) is 1.07. The fourth-order valence-electron chi connectivity index (χ4n) is 3.94. The molecule has 1 N–H and O–H groups in total. The number of piperidine rings is 1. The standard InChI is InChI=1S/C17H24N2O4S/c1-23-14-5-3-4-12(8-14)6-7-17(20)19-11-13-9-15(16(19)10-13)18-24(2,21)22/h3-5,8,13,15-16,18H,6-7,9-11H2,1-2H3/t13-,15+,16-/m1/s1. The Morgan fingerprint density at radius 2 is 2.17 bits per heavy atom. The predicted octanol–water partition coefficient (Wildman–Crippen LogP) is 1.17. The summed E-state index contributed by atoms with van der Waals surface area (Å²) >= 11 is 0. The number of amides is 1. The first kappa shape index (κ1) is 17.2. The smallest absolute Gasteiger partial charge is 0.223 e. The number of nitrogens with one attached hydrogen (secondary N) is 1. The highest BCUT2D eigenvalue weighted by Gasteiger charge is 2.47. The van der Waals surface area contributed by atoms with E-state index >= 15 is 0 Å². The van der Waals surface area contributed by atoms with Gasteiger partial charge in [-0.3, -0.25) is 4.79 Å². The summed E-state index contributed by atoms with van der Waals surface area (Å²) in [7, 11) is -1.62. The van der Waals surface area contributed by atoms with Gasteiger partial charge >= 0.3 is 0 Å². The molecule has 1 aromatic carbocycles. The van der Waals surface area contributed by atoms with Crippen LogP contribution in [0.15, 0.2) is 24.3 Å². The number of likely N-dealkylation sites (tertiary alicyclic amines) is 1. The van der Waals surface area contributed by atoms with Gasteiger partial charge in [0, 0.05) is 25.0 Å². The summed E-state index contributed by atoms with van der Waals surface area (Å²) in [4.78, 5) is 14.5. The molecule has 1 heterocycles. The number of carbonyl (C=O) groups excluding carboxylic acids is 1. The maximum absolute atomic E-state index is 12.6. The summed E-state index contributed by atoms with van der Waals surface area (Å²) in [5.74, 6) is 1.30. The average molecular weight is 352 g/mol. The van der Waals surface area contributed by atoms with Crippen LogP contribution >= 0.6 is 0 Å². The number of ether oxygens (including phenoxy) is 1. The van der Waals surface area contributed by atoms with Crippen molar-refractivity contribution in [2.45, 2.75) is 37.8 Å². The molecule has 2 fully saturated rings. The van der Waals surface area contributed by atoms with Gasteiger partial charge in [0.25, 0.3) is 0 Å². The van der Waals surface area contributed by atoms with E-state index in [1.165, 1.54) is 6.26 Å². The third-order valence-electron chi connectivity index (χ3n) is 4.93. The van der Waals surface area contributed by atoms with Crippen molar-refractivity contribution in [3.05, 3.63) is 29.8 Å². The Balaban J connectivity index is 1.59. The van der Waals surface area contributed by atoms with E-state index in [0.29, 0.717) is 18.8 Å². The first-order valence-corrected chi connectivity index (χ1v) is 10.1. The minimum atomic E-state index is -3.24. The van der Waals surface area contributed by atoms with Crippen LogP contribution in [0, 0.1) is 5.92 Å². The minimum Gasteiger partial charge on any atom is -0.497 e. The number of hydrogen-bond donors (Lipinski definition) is 1. The topological polar surface area (TPSA) is 75.7 Å².